The van der Waals surface area contributed by atoms with Gasteiger partial charge in [0, 0.05) is 17.7 Å². The number of hydrogen-bond donors (Lipinski definition) is 9. The quantitative estimate of drug-likeness (QED) is 0.208. The number of benzene rings is 2. The van der Waals surface area contributed by atoms with Gasteiger partial charge in [0.25, 0.3) is 5.79 Å². The monoisotopic (exact) mass is 480 g/mol. The molecule has 4 atom stereocenters. The Bertz CT molecular complexity index is 1290. The lowest BCUT2D eigenvalue weighted by Crippen LogP contribution is -2.65. The molecule has 0 unspecified atom stereocenters. The van der Waals surface area contributed by atoms with E-state index in [0.717, 1.165) is 24.3 Å². The molecule has 1 aliphatic heterocycles. The Labute approximate surface area is 189 Å². The number of aliphatic hydroxyl groups excluding tert-OH is 4. The van der Waals surface area contributed by atoms with Gasteiger partial charge in [0.1, 0.15) is 47.4 Å². The average molecular weight is 480 g/mol. The fourth-order valence-corrected chi connectivity index (χ4v) is 3.60. The molecule has 13 heteroatoms. The molecule has 1 aliphatic rings. The Hall–Kier alpha value is -3.75. The van der Waals surface area contributed by atoms with Crippen LogP contribution in [0.25, 0.3) is 22.3 Å². The van der Waals surface area contributed by atoms with Crippen LogP contribution in [0.3, 0.4) is 0 Å². The zero-order chi connectivity index (χ0) is 24.9. The molecule has 9 N–H and O–H groups in total. The van der Waals surface area contributed by atoms with Crippen molar-refractivity contribution in [3.63, 3.8) is 0 Å². The number of phenols is 5. The maximum atomic E-state index is 13.3. The number of fused-ring (bicyclic) bond motifs is 1. The molecule has 0 saturated carbocycles. The normalized spacial score (nSPS) is 24.9. The van der Waals surface area contributed by atoms with Gasteiger partial charge < -0.3 is 59.8 Å². The van der Waals surface area contributed by atoms with Crippen molar-refractivity contribution < 1.29 is 59.8 Å². The average Bonchev–Trinajstić information content (AvgIpc) is 2.78. The third kappa shape index (κ3) is 3.61. The standard InChI is InChI=1S/C21H20O13/c22-6-21(20(31)16(29)12(27)5-32-21)34-19-17(30)14-9(24)3-8(23)4-13(14)33-18(19)7-1-10(25)15(28)11(26)2-7/h1-4,12,16,20,22-29,31H,5-6H2/t12-,16-,20+,21-/m0/s1. The van der Waals surface area contributed by atoms with Gasteiger partial charge in [0.05, 0.1) is 6.61 Å². The molecule has 0 bridgehead atoms. The third-order valence-electron chi connectivity index (χ3n) is 5.41. The van der Waals surface area contributed by atoms with Crippen molar-refractivity contribution in [1.82, 2.24) is 0 Å². The minimum Gasteiger partial charge on any atom is -0.508 e. The number of hydrogen-bond acceptors (Lipinski definition) is 13. The van der Waals surface area contributed by atoms with Gasteiger partial charge in [0.2, 0.25) is 11.2 Å². The number of rotatable bonds is 4. The maximum Gasteiger partial charge on any atom is 0.263 e. The van der Waals surface area contributed by atoms with Crippen LogP contribution in [0.1, 0.15) is 0 Å². The van der Waals surface area contributed by atoms with E-state index in [1.165, 1.54) is 0 Å². The van der Waals surface area contributed by atoms with E-state index in [1.54, 1.807) is 0 Å². The van der Waals surface area contributed by atoms with E-state index in [9.17, 15) is 50.8 Å². The lowest BCUT2D eigenvalue weighted by Gasteiger charge is -2.43. The Morgan fingerprint density at radius 1 is 0.971 bits per heavy atom. The van der Waals surface area contributed by atoms with Crippen LogP contribution in [0.4, 0.5) is 0 Å². The van der Waals surface area contributed by atoms with E-state index in [0.29, 0.717) is 0 Å². The molecule has 34 heavy (non-hydrogen) atoms. The summed E-state index contributed by atoms with van der Waals surface area (Å²) in [6, 6.07) is 3.60. The van der Waals surface area contributed by atoms with Gasteiger partial charge in [-0.1, -0.05) is 0 Å². The van der Waals surface area contributed by atoms with Gasteiger partial charge in [-0.25, -0.2) is 0 Å². The lowest BCUT2D eigenvalue weighted by atomic mass is 9.97. The molecule has 1 saturated heterocycles. The van der Waals surface area contributed by atoms with Gasteiger partial charge in [-0.15, -0.1) is 0 Å². The molecular weight excluding hydrogens is 460 g/mol. The minimum atomic E-state index is -2.48. The number of ether oxygens (including phenoxy) is 2. The summed E-state index contributed by atoms with van der Waals surface area (Å²) in [6.07, 6.45) is -5.45. The van der Waals surface area contributed by atoms with E-state index >= 15 is 0 Å². The third-order valence-corrected chi connectivity index (χ3v) is 5.41. The second kappa shape index (κ2) is 8.23. The molecule has 13 nitrogen and oxygen atoms in total. The molecule has 4 rings (SSSR count). The first-order valence-corrected chi connectivity index (χ1v) is 9.75. The van der Waals surface area contributed by atoms with Crippen molar-refractivity contribution >= 4 is 11.0 Å². The predicted molar refractivity (Wildman–Crippen MR) is 111 cm³/mol. The van der Waals surface area contributed by atoms with Crippen molar-refractivity contribution in [3.8, 4) is 45.8 Å². The highest BCUT2D eigenvalue weighted by Gasteiger charge is 2.52. The van der Waals surface area contributed by atoms with Crippen LogP contribution in [-0.4, -0.2) is 83.3 Å². The molecule has 182 valence electrons. The van der Waals surface area contributed by atoms with Crippen LogP contribution in [0.15, 0.2) is 33.5 Å². The molecule has 0 amide bonds. The van der Waals surface area contributed by atoms with E-state index in [2.05, 4.69) is 0 Å². The molecule has 0 radical (unpaired) electrons. The summed E-state index contributed by atoms with van der Waals surface area (Å²) in [5.41, 5.74) is -1.69. The van der Waals surface area contributed by atoms with Crippen LogP contribution < -0.4 is 10.2 Å². The van der Waals surface area contributed by atoms with Crippen LogP contribution >= 0.6 is 0 Å². The van der Waals surface area contributed by atoms with Crippen molar-refractivity contribution in [1.29, 1.82) is 0 Å². The Balaban J connectivity index is 2.01. The first-order chi connectivity index (χ1) is 16.0. The van der Waals surface area contributed by atoms with Crippen molar-refractivity contribution in [2.45, 2.75) is 24.1 Å². The highest BCUT2D eigenvalue weighted by atomic mass is 16.7. The highest BCUT2D eigenvalue weighted by molar-refractivity contribution is 5.88. The summed E-state index contributed by atoms with van der Waals surface area (Å²) in [6.45, 7) is -1.73. The Kier molecular flexibility index (Phi) is 5.67. The molecule has 1 fully saturated rings. The molecule has 3 aromatic rings. The van der Waals surface area contributed by atoms with E-state index < -0.39 is 88.4 Å². The first-order valence-electron chi connectivity index (χ1n) is 9.75. The molecule has 1 aromatic heterocycles. The largest absolute Gasteiger partial charge is 0.508 e. The van der Waals surface area contributed by atoms with Gasteiger partial charge in [0.15, 0.2) is 23.0 Å². The summed E-state index contributed by atoms with van der Waals surface area (Å²) in [4.78, 5) is 13.3. The fraction of sp³-hybridized carbons (Fsp3) is 0.286. The number of phenolic OH excluding ortho intramolecular Hbond substituents is 5. The van der Waals surface area contributed by atoms with Gasteiger partial charge in [-0.3, -0.25) is 4.79 Å². The van der Waals surface area contributed by atoms with Gasteiger partial charge >= 0.3 is 0 Å². The van der Waals surface area contributed by atoms with Crippen LogP contribution in [0, 0.1) is 0 Å². The zero-order valence-corrected chi connectivity index (χ0v) is 17.1. The van der Waals surface area contributed by atoms with E-state index in [1.807, 2.05) is 0 Å². The van der Waals surface area contributed by atoms with E-state index in [-0.39, 0.29) is 11.1 Å². The molecule has 0 spiro atoms. The minimum absolute atomic E-state index is 0.247. The van der Waals surface area contributed by atoms with Crippen LogP contribution in [0.2, 0.25) is 0 Å². The first kappa shape index (κ1) is 23.4. The fourth-order valence-electron chi connectivity index (χ4n) is 3.60. The highest BCUT2D eigenvalue weighted by Crippen LogP contribution is 2.43. The van der Waals surface area contributed by atoms with Crippen LogP contribution in [-0.2, 0) is 4.74 Å². The Morgan fingerprint density at radius 2 is 1.62 bits per heavy atom. The summed E-state index contributed by atoms with van der Waals surface area (Å²) >= 11 is 0. The van der Waals surface area contributed by atoms with E-state index in [4.69, 9.17) is 13.9 Å². The van der Waals surface area contributed by atoms with Crippen LogP contribution in [0.5, 0.6) is 34.5 Å². The van der Waals surface area contributed by atoms with Crippen molar-refractivity contribution in [2.75, 3.05) is 13.2 Å². The van der Waals surface area contributed by atoms with Gasteiger partial charge in [-0.2, -0.15) is 0 Å². The SMILES string of the molecule is O=c1c(O[C@]2(CO)OC[C@H](O)[C@H](O)[C@H]2O)c(-c2cc(O)c(O)c(O)c2)oc2cc(O)cc(O)c12. The molecule has 0 aliphatic carbocycles. The van der Waals surface area contributed by atoms with Gasteiger partial charge in [-0.05, 0) is 12.1 Å². The molecule has 2 heterocycles. The topological polar surface area (TPSA) is 231 Å². The second-order valence-corrected chi connectivity index (χ2v) is 7.68. The van der Waals surface area contributed by atoms with Crippen molar-refractivity contribution in [2.24, 2.45) is 0 Å². The molecular formula is C21H20O13. The second-order valence-electron chi connectivity index (χ2n) is 7.68. The molecule has 2 aromatic carbocycles. The summed E-state index contributed by atoms with van der Waals surface area (Å²) in [5.74, 6) is -7.52. The number of aliphatic hydroxyl groups is 4. The maximum absolute atomic E-state index is 13.3. The zero-order valence-electron chi connectivity index (χ0n) is 17.1. The smallest absolute Gasteiger partial charge is 0.263 e. The number of aromatic hydroxyl groups is 5. The summed E-state index contributed by atoms with van der Waals surface area (Å²) in [5, 5.41) is 89.2. The Morgan fingerprint density at radius 3 is 2.24 bits per heavy atom. The lowest BCUT2D eigenvalue weighted by molar-refractivity contribution is -0.318. The van der Waals surface area contributed by atoms with Crippen molar-refractivity contribution in [3.05, 3.63) is 34.5 Å². The summed E-state index contributed by atoms with van der Waals surface area (Å²) in [7, 11) is 0. The summed E-state index contributed by atoms with van der Waals surface area (Å²) < 4.78 is 16.4. The predicted octanol–water partition coefficient (Wildman–Crippen LogP) is -0.832.